The molecule has 0 aliphatic carbocycles. The Morgan fingerprint density at radius 1 is 0.842 bits per heavy atom. The van der Waals surface area contributed by atoms with Crippen LogP contribution in [-0.2, 0) is 13.1 Å². The molecular weight excluding hydrogens is 238 g/mol. The molecule has 0 radical (unpaired) electrons. The van der Waals surface area contributed by atoms with Crippen molar-refractivity contribution in [2.75, 3.05) is 0 Å². The topological polar surface area (TPSA) is 52.5 Å². The fourth-order valence-corrected chi connectivity index (χ4v) is 2.11. The minimum atomic E-state index is 0.286. The summed E-state index contributed by atoms with van der Waals surface area (Å²) >= 11 is 0. The Labute approximate surface area is 113 Å². The van der Waals surface area contributed by atoms with Crippen LogP contribution in [0.3, 0.4) is 0 Å². The van der Waals surface area contributed by atoms with Gasteiger partial charge in [0.25, 0.3) is 0 Å². The van der Waals surface area contributed by atoms with Crippen LogP contribution in [0.5, 0.6) is 11.5 Å². The molecule has 0 saturated carbocycles. The van der Waals surface area contributed by atoms with Crippen LogP contribution in [0.2, 0.25) is 0 Å². The summed E-state index contributed by atoms with van der Waals surface area (Å²) < 4.78 is 0. The maximum Gasteiger partial charge on any atom is 0.121 e. The lowest BCUT2D eigenvalue weighted by Crippen LogP contribution is -2.12. The molecule has 0 atom stereocenters. The lowest BCUT2D eigenvalue weighted by molar-refractivity contribution is 0.466. The predicted molar refractivity (Wildman–Crippen MR) is 76.2 cm³/mol. The predicted octanol–water partition coefficient (Wildman–Crippen LogP) is 3.00. The molecule has 100 valence electrons. The van der Waals surface area contributed by atoms with Crippen molar-refractivity contribution in [3.8, 4) is 11.5 Å². The average Bonchev–Trinajstić information content (AvgIpc) is 2.38. The summed E-state index contributed by atoms with van der Waals surface area (Å²) in [6.45, 7) is 5.32. The summed E-state index contributed by atoms with van der Waals surface area (Å²) in [4.78, 5) is 0. The number of aryl methyl sites for hydroxylation is 2. The Hall–Kier alpha value is -2.00. The molecule has 0 aromatic heterocycles. The van der Waals surface area contributed by atoms with Crippen molar-refractivity contribution in [1.82, 2.24) is 5.32 Å². The molecule has 3 heteroatoms. The van der Waals surface area contributed by atoms with Crippen molar-refractivity contribution in [3.05, 3.63) is 58.7 Å². The molecular formula is C16H19NO2. The summed E-state index contributed by atoms with van der Waals surface area (Å²) in [5, 5.41) is 22.3. The number of phenolic OH excluding ortho intramolecular Hbond substituents is 2. The monoisotopic (exact) mass is 257 g/mol. The van der Waals surface area contributed by atoms with Gasteiger partial charge in [-0.25, -0.2) is 0 Å². The van der Waals surface area contributed by atoms with E-state index in [0.29, 0.717) is 5.75 Å². The number of hydrogen-bond acceptors (Lipinski definition) is 3. The smallest absolute Gasteiger partial charge is 0.121 e. The molecule has 2 aromatic rings. The van der Waals surface area contributed by atoms with E-state index < -0.39 is 0 Å². The quantitative estimate of drug-likeness (QED) is 0.789. The molecule has 3 nitrogen and oxygen atoms in total. The first kappa shape index (κ1) is 13.4. The third kappa shape index (κ3) is 3.48. The molecule has 0 unspecified atom stereocenters. The summed E-state index contributed by atoms with van der Waals surface area (Å²) in [6.07, 6.45) is 0. The van der Waals surface area contributed by atoms with E-state index in [-0.39, 0.29) is 5.75 Å². The van der Waals surface area contributed by atoms with Gasteiger partial charge in [0.2, 0.25) is 0 Å². The SMILES string of the molecule is Cc1cc(CNCc2ccc(O)cc2)cc(C)c1O. The molecule has 0 aliphatic heterocycles. The molecule has 0 fully saturated rings. The highest BCUT2D eigenvalue weighted by molar-refractivity contribution is 5.42. The first-order valence-corrected chi connectivity index (χ1v) is 6.34. The number of benzene rings is 2. The van der Waals surface area contributed by atoms with Crippen molar-refractivity contribution >= 4 is 0 Å². The molecule has 0 heterocycles. The van der Waals surface area contributed by atoms with Gasteiger partial charge in [0, 0.05) is 13.1 Å². The fraction of sp³-hybridized carbons (Fsp3) is 0.250. The number of phenols is 2. The van der Waals surface area contributed by atoms with Crippen LogP contribution >= 0.6 is 0 Å². The minimum absolute atomic E-state index is 0.286. The van der Waals surface area contributed by atoms with Gasteiger partial charge in [-0.1, -0.05) is 24.3 Å². The number of hydrogen-bond donors (Lipinski definition) is 3. The first-order chi connectivity index (χ1) is 9.06. The van der Waals surface area contributed by atoms with Gasteiger partial charge in [0.1, 0.15) is 11.5 Å². The van der Waals surface area contributed by atoms with E-state index in [1.165, 1.54) is 0 Å². The van der Waals surface area contributed by atoms with Gasteiger partial charge < -0.3 is 15.5 Å². The van der Waals surface area contributed by atoms with Crippen LogP contribution in [-0.4, -0.2) is 10.2 Å². The zero-order chi connectivity index (χ0) is 13.8. The van der Waals surface area contributed by atoms with Crippen molar-refractivity contribution in [2.24, 2.45) is 0 Å². The van der Waals surface area contributed by atoms with Crippen molar-refractivity contribution in [2.45, 2.75) is 26.9 Å². The van der Waals surface area contributed by atoms with Crippen LogP contribution in [0.1, 0.15) is 22.3 Å². The second-order valence-corrected chi connectivity index (χ2v) is 4.85. The van der Waals surface area contributed by atoms with E-state index in [1.807, 2.05) is 38.1 Å². The highest BCUT2D eigenvalue weighted by Gasteiger charge is 2.03. The summed E-state index contributed by atoms with van der Waals surface area (Å²) in [5.41, 5.74) is 4.10. The van der Waals surface area contributed by atoms with Gasteiger partial charge in [0.05, 0.1) is 0 Å². The zero-order valence-corrected chi connectivity index (χ0v) is 11.3. The Kier molecular flexibility index (Phi) is 4.07. The Bertz CT molecular complexity index is 538. The highest BCUT2D eigenvalue weighted by atomic mass is 16.3. The average molecular weight is 257 g/mol. The largest absolute Gasteiger partial charge is 0.508 e. The Balaban J connectivity index is 1.94. The summed E-state index contributed by atoms with van der Waals surface area (Å²) in [5.74, 6) is 0.663. The maximum absolute atomic E-state index is 9.72. The number of aromatic hydroxyl groups is 2. The van der Waals surface area contributed by atoms with E-state index in [1.54, 1.807) is 12.1 Å². The fourth-order valence-electron chi connectivity index (χ4n) is 2.11. The molecule has 19 heavy (non-hydrogen) atoms. The van der Waals surface area contributed by atoms with Crippen LogP contribution < -0.4 is 5.32 Å². The minimum Gasteiger partial charge on any atom is -0.508 e. The highest BCUT2D eigenvalue weighted by Crippen LogP contribution is 2.22. The van der Waals surface area contributed by atoms with Gasteiger partial charge >= 0.3 is 0 Å². The van der Waals surface area contributed by atoms with E-state index in [4.69, 9.17) is 0 Å². The Morgan fingerprint density at radius 2 is 1.37 bits per heavy atom. The molecule has 2 rings (SSSR count). The second-order valence-electron chi connectivity index (χ2n) is 4.85. The third-order valence-electron chi connectivity index (χ3n) is 3.15. The van der Waals surface area contributed by atoms with Crippen molar-refractivity contribution < 1.29 is 10.2 Å². The van der Waals surface area contributed by atoms with Crippen molar-refractivity contribution in [1.29, 1.82) is 0 Å². The second kappa shape index (κ2) is 5.76. The summed E-state index contributed by atoms with van der Waals surface area (Å²) in [7, 11) is 0. The number of nitrogens with one attached hydrogen (secondary N) is 1. The van der Waals surface area contributed by atoms with Crippen LogP contribution in [0.15, 0.2) is 36.4 Å². The van der Waals surface area contributed by atoms with Gasteiger partial charge in [-0.2, -0.15) is 0 Å². The molecule has 0 saturated heterocycles. The van der Waals surface area contributed by atoms with E-state index in [0.717, 1.165) is 35.3 Å². The van der Waals surface area contributed by atoms with E-state index in [9.17, 15) is 10.2 Å². The lowest BCUT2D eigenvalue weighted by atomic mass is 10.1. The zero-order valence-electron chi connectivity index (χ0n) is 11.3. The van der Waals surface area contributed by atoms with Crippen LogP contribution in [0, 0.1) is 13.8 Å². The van der Waals surface area contributed by atoms with Crippen LogP contribution in [0.25, 0.3) is 0 Å². The van der Waals surface area contributed by atoms with Gasteiger partial charge in [0.15, 0.2) is 0 Å². The first-order valence-electron chi connectivity index (χ1n) is 6.34. The van der Waals surface area contributed by atoms with Gasteiger partial charge in [-0.15, -0.1) is 0 Å². The van der Waals surface area contributed by atoms with E-state index in [2.05, 4.69) is 5.32 Å². The molecule has 3 N–H and O–H groups in total. The van der Waals surface area contributed by atoms with E-state index >= 15 is 0 Å². The molecule has 2 aromatic carbocycles. The van der Waals surface area contributed by atoms with Gasteiger partial charge in [-0.05, 0) is 48.2 Å². The molecule has 0 bridgehead atoms. The third-order valence-corrected chi connectivity index (χ3v) is 3.15. The number of rotatable bonds is 4. The standard InChI is InChI=1S/C16H19NO2/c1-11-7-14(8-12(2)16(11)19)10-17-9-13-3-5-15(18)6-4-13/h3-8,17-19H,9-10H2,1-2H3. The normalized spacial score (nSPS) is 10.6. The van der Waals surface area contributed by atoms with Crippen LogP contribution in [0.4, 0.5) is 0 Å². The summed E-state index contributed by atoms with van der Waals surface area (Å²) in [6, 6.07) is 11.2. The maximum atomic E-state index is 9.72. The molecule has 0 aliphatic rings. The van der Waals surface area contributed by atoms with Crippen molar-refractivity contribution in [3.63, 3.8) is 0 Å². The molecule has 0 spiro atoms. The molecule has 0 amide bonds. The van der Waals surface area contributed by atoms with Gasteiger partial charge in [-0.3, -0.25) is 0 Å². The Morgan fingerprint density at radius 3 is 1.95 bits per heavy atom. The lowest BCUT2D eigenvalue weighted by Gasteiger charge is -2.09.